The molecule has 0 spiro atoms. The molecule has 3 rings (SSSR count). The number of halogens is 1. The molecule has 3 aromatic rings. The maximum Gasteiger partial charge on any atom is 0.326 e. The van der Waals surface area contributed by atoms with Crippen molar-refractivity contribution in [2.45, 2.75) is 45.6 Å². The van der Waals surface area contributed by atoms with Gasteiger partial charge in [0.2, 0.25) is 0 Å². The van der Waals surface area contributed by atoms with Crippen LogP contribution in [0.5, 0.6) is 11.5 Å². The summed E-state index contributed by atoms with van der Waals surface area (Å²) < 4.78 is 13.7. The molecular formula is C26H31IN2O4. The van der Waals surface area contributed by atoms with E-state index in [1.807, 2.05) is 47.0 Å². The fraction of sp³-hybridized carbons (Fsp3) is 0.385. The number of aliphatic carboxylic acids is 1. The highest BCUT2D eigenvalue weighted by molar-refractivity contribution is 14.1. The fourth-order valence-electron chi connectivity index (χ4n) is 4.04. The molecule has 176 valence electrons. The number of ether oxygens (including phenoxy) is 2. The second-order valence-corrected chi connectivity index (χ2v) is 9.62. The molecule has 1 heterocycles. The molecule has 2 aromatic carbocycles. The number of hydrogen-bond acceptors (Lipinski definition) is 4. The molecule has 7 heteroatoms. The van der Waals surface area contributed by atoms with E-state index in [1.54, 1.807) is 20.5 Å². The molecule has 0 bridgehead atoms. The molecule has 0 aliphatic rings. The van der Waals surface area contributed by atoms with Crippen molar-refractivity contribution in [3.8, 4) is 22.8 Å². The van der Waals surface area contributed by atoms with E-state index in [4.69, 9.17) is 9.47 Å². The molecule has 0 radical (unpaired) electrons. The van der Waals surface area contributed by atoms with Crippen LogP contribution in [0, 0.1) is 9.49 Å². The smallest absolute Gasteiger partial charge is 0.326 e. The first-order chi connectivity index (χ1) is 15.8. The highest BCUT2D eigenvalue weighted by atomic mass is 127. The zero-order valence-electron chi connectivity index (χ0n) is 19.5. The Morgan fingerprint density at radius 3 is 2.39 bits per heavy atom. The number of aromatic nitrogens is 2. The number of hydrogen-bond donors (Lipinski definition) is 1. The lowest BCUT2D eigenvalue weighted by atomic mass is 10.0. The number of carbonyl (C=O) groups is 1. The Balaban J connectivity index is 1.84. The largest absolute Gasteiger partial charge is 0.493 e. The molecule has 6 nitrogen and oxygen atoms in total. The number of nitrogens with zero attached hydrogens (tertiary/aromatic N) is 2. The number of methoxy groups -OCH3 is 2. The predicted molar refractivity (Wildman–Crippen MR) is 138 cm³/mol. The molecule has 0 amide bonds. The van der Waals surface area contributed by atoms with Crippen LogP contribution in [0.15, 0.2) is 48.8 Å². The first-order valence-electron chi connectivity index (χ1n) is 11.1. The Morgan fingerprint density at radius 1 is 1.12 bits per heavy atom. The number of aryl methyl sites for hydroxylation is 1. The van der Waals surface area contributed by atoms with Gasteiger partial charge in [-0.05, 0) is 71.9 Å². The zero-order valence-corrected chi connectivity index (χ0v) is 21.7. The van der Waals surface area contributed by atoms with Crippen LogP contribution in [-0.2, 0) is 17.6 Å². The Labute approximate surface area is 209 Å². The molecule has 0 saturated carbocycles. The van der Waals surface area contributed by atoms with Gasteiger partial charge in [0.05, 0.1) is 26.2 Å². The van der Waals surface area contributed by atoms with Gasteiger partial charge in [-0.2, -0.15) is 0 Å². The van der Waals surface area contributed by atoms with E-state index >= 15 is 0 Å². The second-order valence-electron chi connectivity index (χ2n) is 8.46. The van der Waals surface area contributed by atoms with Crippen LogP contribution in [0.4, 0.5) is 0 Å². The lowest BCUT2D eigenvalue weighted by molar-refractivity contribution is -0.141. The third-order valence-corrected chi connectivity index (χ3v) is 6.65. The molecule has 0 aliphatic heterocycles. The number of rotatable bonds is 11. The molecule has 0 saturated heterocycles. The SMILES string of the molecule is COc1cc(I)c(CCCC(C(=O)O)n2cnc(-c3ccccc3)c2CC(C)C)cc1OC. The van der Waals surface area contributed by atoms with E-state index in [9.17, 15) is 9.90 Å². The number of carboxylic acid groups (broad SMARTS) is 1. The molecule has 33 heavy (non-hydrogen) atoms. The van der Waals surface area contributed by atoms with Crippen LogP contribution < -0.4 is 9.47 Å². The van der Waals surface area contributed by atoms with Crippen molar-refractivity contribution in [1.29, 1.82) is 0 Å². The van der Waals surface area contributed by atoms with E-state index in [-0.39, 0.29) is 0 Å². The standard InChI is InChI=1S/C26H31IN2O4/c1-17(2)13-22-25(18-9-6-5-7-10-18)28-16-29(22)21(26(30)31)12-8-11-19-14-23(32-3)24(33-4)15-20(19)27/h5-7,9-10,14-17,21H,8,11-13H2,1-4H3,(H,30,31). The van der Waals surface area contributed by atoms with Crippen molar-refractivity contribution < 1.29 is 19.4 Å². The van der Waals surface area contributed by atoms with Crippen LogP contribution in [-0.4, -0.2) is 34.8 Å². The monoisotopic (exact) mass is 562 g/mol. The van der Waals surface area contributed by atoms with Crippen molar-refractivity contribution >= 4 is 28.6 Å². The molecule has 1 aromatic heterocycles. The van der Waals surface area contributed by atoms with E-state index in [2.05, 4.69) is 41.4 Å². The summed E-state index contributed by atoms with van der Waals surface area (Å²) in [6.45, 7) is 4.28. The van der Waals surface area contributed by atoms with Gasteiger partial charge >= 0.3 is 5.97 Å². The molecule has 1 unspecified atom stereocenters. The van der Waals surface area contributed by atoms with Gasteiger partial charge < -0.3 is 19.1 Å². The average molecular weight is 562 g/mol. The van der Waals surface area contributed by atoms with Crippen molar-refractivity contribution in [1.82, 2.24) is 9.55 Å². The average Bonchev–Trinajstić information content (AvgIpc) is 3.19. The van der Waals surface area contributed by atoms with Gasteiger partial charge in [-0.3, -0.25) is 0 Å². The minimum absolute atomic E-state index is 0.380. The topological polar surface area (TPSA) is 73.6 Å². The number of imidazole rings is 1. The zero-order chi connectivity index (χ0) is 24.0. The van der Waals surface area contributed by atoms with E-state index in [1.165, 1.54) is 0 Å². The van der Waals surface area contributed by atoms with Crippen LogP contribution in [0.2, 0.25) is 0 Å². The Morgan fingerprint density at radius 2 is 1.79 bits per heavy atom. The maximum atomic E-state index is 12.3. The summed E-state index contributed by atoms with van der Waals surface area (Å²) in [7, 11) is 3.24. The van der Waals surface area contributed by atoms with Crippen LogP contribution in [0.25, 0.3) is 11.3 Å². The van der Waals surface area contributed by atoms with Gasteiger partial charge in [-0.1, -0.05) is 44.2 Å². The van der Waals surface area contributed by atoms with Crippen molar-refractivity contribution in [3.63, 3.8) is 0 Å². The summed E-state index contributed by atoms with van der Waals surface area (Å²) in [5.74, 6) is 0.924. The molecule has 0 aliphatic carbocycles. The maximum absolute atomic E-state index is 12.3. The van der Waals surface area contributed by atoms with Crippen molar-refractivity contribution in [2.24, 2.45) is 5.92 Å². The Bertz CT molecular complexity index is 1080. The summed E-state index contributed by atoms with van der Waals surface area (Å²) in [6.07, 6.45) is 4.45. The van der Waals surface area contributed by atoms with E-state index in [0.717, 1.165) is 45.3 Å². The summed E-state index contributed by atoms with van der Waals surface area (Å²) in [5, 5.41) is 10.1. The lowest BCUT2D eigenvalue weighted by Crippen LogP contribution is -2.21. The van der Waals surface area contributed by atoms with E-state index < -0.39 is 12.0 Å². The first kappa shape index (κ1) is 25.1. The fourth-order valence-corrected chi connectivity index (χ4v) is 4.74. The van der Waals surface area contributed by atoms with E-state index in [0.29, 0.717) is 23.8 Å². The summed E-state index contributed by atoms with van der Waals surface area (Å²) >= 11 is 2.29. The minimum atomic E-state index is -0.834. The summed E-state index contributed by atoms with van der Waals surface area (Å²) in [6, 6.07) is 13.2. The van der Waals surface area contributed by atoms with Crippen LogP contribution >= 0.6 is 22.6 Å². The van der Waals surface area contributed by atoms with Gasteiger partial charge in [-0.15, -0.1) is 0 Å². The van der Waals surface area contributed by atoms with Crippen molar-refractivity contribution in [2.75, 3.05) is 14.2 Å². The summed E-state index contributed by atoms with van der Waals surface area (Å²) in [5.41, 5.74) is 3.97. The van der Waals surface area contributed by atoms with Gasteiger partial charge in [0, 0.05) is 14.8 Å². The van der Waals surface area contributed by atoms with Crippen LogP contribution in [0.1, 0.15) is 44.0 Å². The molecule has 1 N–H and O–H groups in total. The molecule has 0 fully saturated rings. The highest BCUT2D eigenvalue weighted by Crippen LogP contribution is 2.33. The number of carboxylic acids is 1. The van der Waals surface area contributed by atoms with Gasteiger partial charge in [0.15, 0.2) is 11.5 Å². The normalized spacial score (nSPS) is 12.1. The quantitative estimate of drug-likeness (QED) is 0.290. The predicted octanol–water partition coefficient (Wildman–Crippen LogP) is 6.02. The Kier molecular flexibility index (Phi) is 8.77. The van der Waals surface area contributed by atoms with Crippen LogP contribution in [0.3, 0.4) is 0 Å². The second kappa shape index (κ2) is 11.5. The third-order valence-electron chi connectivity index (χ3n) is 5.64. The highest BCUT2D eigenvalue weighted by Gasteiger charge is 2.25. The Hall–Kier alpha value is -2.55. The van der Waals surface area contributed by atoms with Gasteiger partial charge in [0.1, 0.15) is 6.04 Å². The first-order valence-corrected chi connectivity index (χ1v) is 12.2. The molecular weight excluding hydrogens is 531 g/mol. The molecule has 1 atom stereocenters. The minimum Gasteiger partial charge on any atom is -0.493 e. The third kappa shape index (κ3) is 6.07. The van der Waals surface area contributed by atoms with Gasteiger partial charge in [0.25, 0.3) is 0 Å². The lowest BCUT2D eigenvalue weighted by Gasteiger charge is -2.19. The number of benzene rings is 2. The summed E-state index contributed by atoms with van der Waals surface area (Å²) in [4.78, 5) is 16.9. The van der Waals surface area contributed by atoms with Gasteiger partial charge in [-0.25, -0.2) is 9.78 Å². The van der Waals surface area contributed by atoms with Crippen molar-refractivity contribution in [3.05, 3.63) is 63.6 Å².